The second kappa shape index (κ2) is 2.57. The lowest BCUT2D eigenvalue weighted by molar-refractivity contribution is 0.207. The average Bonchev–Trinajstić information content (AvgIpc) is 1.65. The van der Waals surface area contributed by atoms with Crippen molar-refractivity contribution in [3.05, 3.63) is 0 Å². The van der Waals surface area contributed by atoms with Gasteiger partial charge in [-0.3, -0.25) is 0 Å². The first-order valence-corrected chi connectivity index (χ1v) is 1.57. The van der Waals surface area contributed by atoms with Gasteiger partial charge in [0.2, 0.25) is 0 Å². The molecule has 0 aromatic heterocycles. The van der Waals surface area contributed by atoms with Gasteiger partial charge in [0.25, 0.3) is 0 Å². The lowest BCUT2D eigenvalue weighted by Gasteiger charge is -1.91. The van der Waals surface area contributed by atoms with Gasteiger partial charge in [0, 0.05) is 7.05 Å². The molecule has 0 bridgehead atoms. The van der Waals surface area contributed by atoms with Gasteiger partial charge in [-0.05, 0) is 0 Å². The van der Waals surface area contributed by atoms with E-state index in [0.717, 1.165) is 0 Å². The molecule has 34 valence electrons. The molecule has 3 nitrogen and oxygen atoms in total. The highest BCUT2D eigenvalue weighted by molar-refractivity contribution is 6.04. The molecule has 1 amide bonds. The standard InChI is InChI=1S/C2H6BNO2/c1-4-2(5)6-3/h3H2,1H3,(H,4,5). The molecule has 0 aromatic carbocycles. The van der Waals surface area contributed by atoms with E-state index in [-0.39, 0.29) is 0 Å². The smallest absolute Gasteiger partial charge is 0.388 e. The predicted molar refractivity (Wildman–Crippen MR) is 24.1 cm³/mol. The predicted octanol–water partition coefficient (Wildman–Crippen LogP) is -1.11. The van der Waals surface area contributed by atoms with Crippen LogP contribution < -0.4 is 5.32 Å². The van der Waals surface area contributed by atoms with Crippen molar-refractivity contribution in [1.82, 2.24) is 5.32 Å². The van der Waals surface area contributed by atoms with Crippen molar-refractivity contribution in [3.63, 3.8) is 0 Å². The zero-order valence-electron chi connectivity index (χ0n) is 3.82. The van der Waals surface area contributed by atoms with E-state index in [1.54, 1.807) is 0 Å². The molecule has 1 N–H and O–H groups in total. The van der Waals surface area contributed by atoms with E-state index < -0.39 is 6.09 Å². The van der Waals surface area contributed by atoms with Crippen LogP contribution in [0.1, 0.15) is 0 Å². The number of amides is 1. The van der Waals surface area contributed by atoms with Gasteiger partial charge in [0.05, 0.1) is 0 Å². The number of nitrogens with one attached hydrogen (secondary N) is 1. The Hall–Kier alpha value is -0.665. The summed E-state index contributed by atoms with van der Waals surface area (Å²) in [6.07, 6.45) is -0.407. The Labute approximate surface area is 37.1 Å². The van der Waals surface area contributed by atoms with Crippen molar-refractivity contribution in [2.75, 3.05) is 7.05 Å². The third-order valence-corrected chi connectivity index (χ3v) is 0.390. The highest BCUT2D eigenvalue weighted by atomic mass is 16.5. The molecule has 0 heterocycles. The number of hydrogen-bond donors (Lipinski definition) is 1. The number of rotatable bonds is 0. The topological polar surface area (TPSA) is 38.3 Å². The van der Waals surface area contributed by atoms with Crippen molar-refractivity contribution in [1.29, 1.82) is 0 Å². The summed E-state index contributed by atoms with van der Waals surface area (Å²) in [5, 5.41) is 2.25. The molecule has 0 unspecified atom stereocenters. The maximum Gasteiger partial charge on any atom is 0.388 e. The first kappa shape index (κ1) is 5.33. The van der Waals surface area contributed by atoms with Gasteiger partial charge in [0.15, 0.2) is 0 Å². The largest absolute Gasteiger partial charge is 0.528 e. The lowest BCUT2D eigenvalue weighted by atomic mass is 10.6. The number of hydrogen-bond acceptors (Lipinski definition) is 2. The van der Waals surface area contributed by atoms with Crippen LogP contribution in [0.3, 0.4) is 0 Å². The van der Waals surface area contributed by atoms with Gasteiger partial charge in [-0.1, -0.05) is 0 Å². The van der Waals surface area contributed by atoms with Gasteiger partial charge in [-0.25, -0.2) is 4.79 Å². The van der Waals surface area contributed by atoms with Crippen molar-refractivity contribution in [3.8, 4) is 0 Å². The minimum absolute atomic E-state index is 0.407. The summed E-state index contributed by atoms with van der Waals surface area (Å²) < 4.78 is 4.15. The average molecular weight is 86.9 g/mol. The molecule has 0 spiro atoms. The molecule has 0 saturated carbocycles. The molecule has 4 heteroatoms. The quantitative estimate of drug-likeness (QED) is 0.380. The first-order chi connectivity index (χ1) is 2.81. The van der Waals surface area contributed by atoms with Crippen LogP contribution in [0.5, 0.6) is 0 Å². The SMILES string of the molecule is BOC(=O)NC. The van der Waals surface area contributed by atoms with Crippen molar-refractivity contribution >= 4 is 14.1 Å². The van der Waals surface area contributed by atoms with Crippen LogP contribution in [-0.4, -0.2) is 21.2 Å². The molecule has 0 aliphatic heterocycles. The van der Waals surface area contributed by atoms with Crippen LogP contribution in [0.25, 0.3) is 0 Å². The molecular weight excluding hydrogens is 80.8 g/mol. The van der Waals surface area contributed by atoms with Crippen molar-refractivity contribution < 1.29 is 9.45 Å². The molecular formula is C2H6BNO2. The minimum atomic E-state index is -0.407. The van der Waals surface area contributed by atoms with Crippen molar-refractivity contribution in [2.45, 2.75) is 0 Å². The Balaban J connectivity index is 2.99. The normalized spacial score (nSPS) is 6.83. The fourth-order valence-electron chi connectivity index (χ4n) is 0.102. The monoisotopic (exact) mass is 87.0 g/mol. The van der Waals surface area contributed by atoms with E-state index >= 15 is 0 Å². The van der Waals surface area contributed by atoms with Crippen molar-refractivity contribution in [2.24, 2.45) is 0 Å². The zero-order chi connectivity index (χ0) is 4.99. The Morgan fingerprint density at radius 3 is 2.50 bits per heavy atom. The van der Waals surface area contributed by atoms with E-state index in [4.69, 9.17) is 0 Å². The van der Waals surface area contributed by atoms with Gasteiger partial charge in [0.1, 0.15) is 0 Å². The van der Waals surface area contributed by atoms with E-state index in [0.29, 0.717) is 0 Å². The summed E-state index contributed by atoms with van der Waals surface area (Å²) in [5.41, 5.74) is 0. The fraction of sp³-hybridized carbons (Fsp3) is 0.500. The van der Waals surface area contributed by atoms with Gasteiger partial charge in [-0.2, -0.15) is 0 Å². The summed E-state index contributed by atoms with van der Waals surface area (Å²) >= 11 is 0. The Morgan fingerprint density at radius 2 is 2.50 bits per heavy atom. The molecule has 0 aliphatic rings. The fourth-order valence-corrected chi connectivity index (χ4v) is 0.102. The van der Waals surface area contributed by atoms with Crippen LogP contribution in [0.2, 0.25) is 0 Å². The Morgan fingerprint density at radius 1 is 2.00 bits per heavy atom. The second-order valence-corrected chi connectivity index (χ2v) is 0.742. The third kappa shape index (κ3) is 1.63. The molecule has 0 aromatic rings. The molecule has 0 aliphatic carbocycles. The highest BCUT2D eigenvalue weighted by Crippen LogP contribution is 1.60. The molecule has 0 rings (SSSR count). The van der Waals surface area contributed by atoms with Gasteiger partial charge >= 0.3 is 14.1 Å². The summed E-state index contributed by atoms with van der Waals surface area (Å²) in [4.78, 5) is 9.85. The Bertz CT molecular complexity index is 49.5. The van der Waals surface area contributed by atoms with Crippen LogP contribution in [0, 0.1) is 0 Å². The molecule has 6 heavy (non-hydrogen) atoms. The van der Waals surface area contributed by atoms with Crippen LogP contribution in [-0.2, 0) is 4.65 Å². The maximum atomic E-state index is 9.85. The number of carbonyl (C=O) groups excluding carboxylic acids is 1. The summed E-state index contributed by atoms with van der Waals surface area (Å²) in [7, 11) is 2.82. The second-order valence-electron chi connectivity index (χ2n) is 0.742. The van der Waals surface area contributed by atoms with Crippen LogP contribution >= 0.6 is 0 Å². The zero-order valence-corrected chi connectivity index (χ0v) is 3.82. The molecule has 0 radical (unpaired) electrons. The molecule has 0 fully saturated rings. The summed E-state index contributed by atoms with van der Waals surface area (Å²) in [6.45, 7) is 0. The van der Waals surface area contributed by atoms with Gasteiger partial charge < -0.3 is 9.97 Å². The van der Waals surface area contributed by atoms with E-state index in [1.165, 1.54) is 15.1 Å². The first-order valence-electron chi connectivity index (χ1n) is 1.57. The van der Waals surface area contributed by atoms with Crippen LogP contribution in [0.15, 0.2) is 0 Å². The van der Waals surface area contributed by atoms with E-state index in [9.17, 15) is 4.79 Å². The summed E-state index contributed by atoms with van der Waals surface area (Å²) in [5.74, 6) is 0. The lowest BCUT2D eigenvalue weighted by Crippen LogP contribution is -2.17. The van der Waals surface area contributed by atoms with Gasteiger partial charge in [-0.15, -0.1) is 0 Å². The Kier molecular flexibility index (Phi) is 2.28. The van der Waals surface area contributed by atoms with E-state index in [2.05, 4.69) is 9.97 Å². The van der Waals surface area contributed by atoms with E-state index in [1.807, 2.05) is 0 Å². The summed E-state index contributed by atoms with van der Waals surface area (Å²) in [6, 6.07) is 0. The number of carbonyl (C=O) groups is 1. The molecule has 0 atom stereocenters. The molecule has 0 saturated heterocycles. The maximum absolute atomic E-state index is 9.85. The third-order valence-electron chi connectivity index (χ3n) is 0.390. The van der Waals surface area contributed by atoms with Crippen LogP contribution in [0.4, 0.5) is 4.79 Å². The highest BCUT2D eigenvalue weighted by Gasteiger charge is 1.84. The minimum Gasteiger partial charge on any atom is -0.528 e.